The Morgan fingerprint density at radius 2 is 1.78 bits per heavy atom. The van der Waals surface area contributed by atoms with E-state index in [2.05, 4.69) is 33.6 Å². The maximum absolute atomic E-state index is 12.5. The number of nitrogens with one attached hydrogen (secondary N) is 2. The lowest BCUT2D eigenvalue weighted by Gasteiger charge is -2.11. The van der Waals surface area contributed by atoms with Gasteiger partial charge in [0.1, 0.15) is 23.6 Å². The average Bonchev–Trinajstić information content (AvgIpc) is 2.72. The second kappa shape index (κ2) is 8.80. The second-order valence-electron chi connectivity index (χ2n) is 5.92. The fraction of sp³-hybridized carbons (Fsp3) is 0.190. The summed E-state index contributed by atoms with van der Waals surface area (Å²) in [4.78, 5) is 20.8. The lowest BCUT2D eigenvalue weighted by molar-refractivity contribution is 0.0945. The minimum absolute atomic E-state index is 0.268. The van der Waals surface area contributed by atoms with Crippen molar-refractivity contribution in [3.05, 3.63) is 77.7 Å². The molecule has 0 spiro atoms. The van der Waals surface area contributed by atoms with Gasteiger partial charge >= 0.3 is 0 Å². The number of aromatic nitrogens is 2. The number of para-hydroxylation sites is 2. The first-order chi connectivity index (χ1) is 13.2. The smallest absolute Gasteiger partial charge is 0.270 e. The Balaban J connectivity index is 1.70. The fourth-order valence-electron chi connectivity index (χ4n) is 2.75. The number of aryl methyl sites for hydroxylation is 1. The summed E-state index contributed by atoms with van der Waals surface area (Å²) < 4.78 is 5.30. The molecule has 1 amide bonds. The molecule has 3 aromatic rings. The van der Waals surface area contributed by atoms with Gasteiger partial charge in [-0.15, -0.1) is 0 Å². The second-order valence-corrected chi connectivity index (χ2v) is 5.92. The molecule has 0 bridgehead atoms. The van der Waals surface area contributed by atoms with E-state index in [9.17, 15) is 4.79 Å². The molecule has 0 aliphatic carbocycles. The van der Waals surface area contributed by atoms with Crippen LogP contribution in [0.3, 0.4) is 0 Å². The van der Waals surface area contributed by atoms with Crippen LogP contribution in [-0.4, -0.2) is 23.0 Å². The Kier molecular flexibility index (Phi) is 5.99. The molecule has 0 unspecified atom stereocenters. The van der Waals surface area contributed by atoms with E-state index in [0.29, 0.717) is 18.1 Å². The minimum Gasteiger partial charge on any atom is -0.496 e. The topological polar surface area (TPSA) is 76.1 Å². The molecule has 6 nitrogen and oxygen atoms in total. The molecule has 2 N–H and O–H groups in total. The lowest BCUT2D eigenvalue weighted by atomic mass is 10.1. The third-order valence-corrected chi connectivity index (χ3v) is 4.19. The van der Waals surface area contributed by atoms with Gasteiger partial charge in [-0.25, -0.2) is 9.97 Å². The highest BCUT2D eigenvalue weighted by atomic mass is 16.5. The first-order valence-corrected chi connectivity index (χ1v) is 8.78. The number of anilines is 2. The number of carbonyl (C=O) groups excluding carboxylic acids is 1. The van der Waals surface area contributed by atoms with Crippen molar-refractivity contribution >= 4 is 17.4 Å². The number of hydrogen-bond acceptors (Lipinski definition) is 5. The van der Waals surface area contributed by atoms with Crippen LogP contribution in [0, 0.1) is 0 Å². The van der Waals surface area contributed by atoms with Crippen molar-refractivity contribution in [2.75, 3.05) is 12.4 Å². The molecular weight excluding hydrogens is 340 g/mol. The summed E-state index contributed by atoms with van der Waals surface area (Å²) in [5.41, 5.74) is 3.35. The van der Waals surface area contributed by atoms with Gasteiger partial charge in [-0.05, 0) is 24.1 Å². The zero-order chi connectivity index (χ0) is 19.1. The fourth-order valence-corrected chi connectivity index (χ4v) is 2.75. The predicted octanol–water partition coefficient (Wildman–Crippen LogP) is 3.72. The van der Waals surface area contributed by atoms with E-state index < -0.39 is 0 Å². The number of nitrogens with zero attached hydrogens (tertiary/aromatic N) is 2. The number of hydrogen-bond donors (Lipinski definition) is 2. The van der Waals surface area contributed by atoms with E-state index in [4.69, 9.17) is 4.74 Å². The molecule has 0 aliphatic rings. The molecule has 138 valence electrons. The summed E-state index contributed by atoms with van der Waals surface area (Å²) >= 11 is 0. The maximum Gasteiger partial charge on any atom is 0.270 e. The lowest BCUT2D eigenvalue weighted by Crippen LogP contribution is -2.24. The highest BCUT2D eigenvalue weighted by Crippen LogP contribution is 2.20. The van der Waals surface area contributed by atoms with Crippen molar-refractivity contribution in [1.29, 1.82) is 0 Å². The number of ether oxygens (including phenoxy) is 1. The van der Waals surface area contributed by atoms with E-state index in [1.807, 2.05) is 42.5 Å². The normalized spacial score (nSPS) is 10.3. The molecule has 6 heteroatoms. The third-order valence-electron chi connectivity index (χ3n) is 4.19. The van der Waals surface area contributed by atoms with Crippen molar-refractivity contribution in [3.8, 4) is 5.75 Å². The monoisotopic (exact) mass is 362 g/mol. The van der Waals surface area contributed by atoms with E-state index in [0.717, 1.165) is 23.4 Å². The van der Waals surface area contributed by atoms with E-state index in [1.54, 1.807) is 13.2 Å². The van der Waals surface area contributed by atoms with Crippen LogP contribution in [0.2, 0.25) is 0 Å². The Morgan fingerprint density at radius 1 is 1.04 bits per heavy atom. The first-order valence-electron chi connectivity index (χ1n) is 8.78. The van der Waals surface area contributed by atoms with Crippen molar-refractivity contribution in [2.24, 2.45) is 0 Å². The Bertz CT molecular complexity index is 927. The maximum atomic E-state index is 12.5. The van der Waals surface area contributed by atoms with E-state index in [-0.39, 0.29) is 5.91 Å². The van der Waals surface area contributed by atoms with E-state index in [1.165, 1.54) is 11.9 Å². The molecule has 1 aromatic heterocycles. The Morgan fingerprint density at radius 3 is 2.56 bits per heavy atom. The molecule has 27 heavy (non-hydrogen) atoms. The summed E-state index contributed by atoms with van der Waals surface area (Å²) in [6, 6.07) is 17.2. The third kappa shape index (κ3) is 4.61. The standard InChI is InChI=1S/C21H22N4O2/c1-3-15-8-4-6-10-17(15)25-20-12-18(23-14-24-20)21(26)22-13-16-9-5-7-11-19(16)27-2/h4-12,14H,3,13H2,1-2H3,(H,22,26)(H,23,24,25). The molecule has 0 aliphatic heterocycles. The van der Waals surface area contributed by atoms with Crippen molar-refractivity contribution < 1.29 is 9.53 Å². The van der Waals surface area contributed by atoms with Gasteiger partial charge in [0.15, 0.2) is 0 Å². The van der Waals surface area contributed by atoms with Crippen LogP contribution in [0.1, 0.15) is 28.5 Å². The summed E-state index contributed by atoms with van der Waals surface area (Å²) in [5.74, 6) is 1.04. The molecule has 1 heterocycles. The van der Waals surface area contributed by atoms with Gasteiger partial charge in [0.2, 0.25) is 0 Å². The summed E-state index contributed by atoms with van der Waals surface area (Å²) in [7, 11) is 1.61. The molecule has 0 saturated carbocycles. The SMILES string of the molecule is CCc1ccccc1Nc1cc(C(=O)NCc2ccccc2OC)ncn1. The number of methoxy groups -OCH3 is 1. The molecule has 0 radical (unpaired) electrons. The largest absolute Gasteiger partial charge is 0.496 e. The first kappa shape index (κ1) is 18.4. The predicted molar refractivity (Wildman–Crippen MR) is 105 cm³/mol. The van der Waals surface area contributed by atoms with Gasteiger partial charge in [-0.1, -0.05) is 43.3 Å². The summed E-state index contributed by atoms with van der Waals surface area (Å²) in [6.45, 7) is 2.45. The highest BCUT2D eigenvalue weighted by molar-refractivity contribution is 5.93. The minimum atomic E-state index is -0.268. The van der Waals surface area contributed by atoms with E-state index >= 15 is 0 Å². The van der Waals surface area contributed by atoms with Crippen LogP contribution in [0.25, 0.3) is 0 Å². The molecule has 2 aromatic carbocycles. The van der Waals surface area contributed by atoms with Gasteiger partial charge in [-0.2, -0.15) is 0 Å². The molecular formula is C21H22N4O2. The summed E-state index contributed by atoms with van der Waals surface area (Å²) in [5, 5.41) is 6.13. The summed E-state index contributed by atoms with van der Waals surface area (Å²) in [6.07, 6.45) is 2.29. The number of benzene rings is 2. The zero-order valence-electron chi connectivity index (χ0n) is 15.4. The average molecular weight is 362 g/mol. The van der Waals surface area contributed by atoms with Crippen LogP contribution in [0.4, 0.5) is 11.5 Å². The van der Waals surface area contributed by atoms with Crippen LogP contribution in [-0.2, 0) is 13.0 Å². The van der Waals surface area contributed by atoms with Gasteiger partial charge in [-0.3, -0.25) is 4.79 Å². The van der Waals surface area contributed by atoms with Crippen LogP contribution in [0.15, 0.2) is 60.9 Å². The van der Waals surface area contributed by atoms with Crippen LogP contribution in [0.5, 0.6) is 5.75 Å². The van der Waals surface area contributed by atoms with Crippen LogP contribution < -0.4 is 15.4 Å². The number of carbonyl (C=O) groups is 1. The van der Waals surface area contributed by atoms with Gasteiger partial charge < -0.3 is 15.4 Å². The van der Waals surface area contributed by atoms with Crippen LogP contribution >= 0.6 is 0 Å². The highest BCUT2D eigenvalue weighted by Gasteiger charge is 2.11. The quantitative estimate of drug-likeness (QED) is 0.670. The zero-order valence-corrected chi connectivity index (χ0v) is 15.4. The van der Waals surface area contributed by atoms with Gasteiger partial charge in [0, 0.05) is 23.9 Å². The molecule has 0 saturated heterocycles. The van der Waals surface area contributed by atoms with Crippen molar-refractivity contribution in [3.63, 3.8) is 0 Å². The number of amides is 1. The number of rotatable bonds is 7. The van der Waals surface area contributed by atoms with Gasteiger partial charge in [0.05, 0.1) is 7.11 Å². The molecule has 0 fully saturated rings. The van der Waals surface area contributed by atoms with Gasteiger partial charge in [0.25, 0.3) is 5.91 Å². The Hall–Kier alpha value is -3.41. The van der Waals surface area contributed by atoms with Crippen molar-refractivity contribution in [1.82, 2.24) is 15.3 Å². The Labute approximate surface area is 158 Å². The molecule has 3 rings (SSSR count). The van der Waals surface area contributed by atoms with Crippen molar-refractivity contribution in [2.45, 2.75) is 19.9 Å². The molecule has 0 atom stereocenters.